The summed E-state index contributed by atoms with van der Waals surface area (Å²) in [7, 11) is 0. The van der Waals surface area contributed by atoms with Crippen LogP contribution in [0.4, 0.5) is 8.78 Å². The lowest BCUT2D eigenvalue weighted by Crippen LogP contribution is -1.92. The van der Waals surface area contributed by atoms with Crippen LogP contribution in [-0.2, 0) is 0 Å². The molecule has 2 rings (SSSR count). The van der Waals surface area contributed by atoms with Crippen molar-refractivity contribution < 1.29 is 23.1 Å². The highest BCUT2D eigenvalue weighted by molar-refractivity contribution is 7.99. The first kappa shape index (κ1) is 13.6. The van der Waals surface area contributed by atoms with E-state index in [0.29, 0.717) is 10.7 Å². The third-order valence-electron chi connectivity index (χ3n) is 2.44. The van der Waals surface area contributed by atoms with E-state index >= 15 is 0 Å². The first-order chi connectivity index (χ1) is 8.97. The van der Waals surface area contributed by atoms with Crippen molar-refractivity contribution >= 4 is 17.7 Å². The van der Waals surface area contributed by atoms with Crippen LogP contribution in [0, 0.1) is 11.6 Å². The van der Waals surface area contributed by atoms with E-state index in [1.807, 2.05) is 0 Å². The Bertz CT molecular complexity index is 610. The van der Waals surface area contributed by atoms with Gasteiger partial charge in [-0.1, -0.05) is 0 Å². The second-order valence-corrected chi connectivity index (χ2v) is 5.26. The van der Waals surface area contributed by atoms with Gasteiger partial charge in [-0.3, -0.25) is 0 Å². The Morgan fingerprint density at radius 3 is 2.58 bits per heavy atom. The predicted molar refractivity (Wildman–Crippen MR) is 66.3 cm³/mol. The number of halogens is 2. The largest absolute Gasteiger partial charge is 0.475 e. The Morgan fingerprint density at radius 1 is 1.26 bits per heavy atom. The van der Waals surface area contributed by atoms with Crippen LogP contribution < -0.4 is 0 Å². The summed E-state index contributed by atoms with van der Waals surface area (Å²) in [5.41, 5.74) is 0. The molecule has 1 aromatic carbocycles. The minimum atomic E-state index is -1.14. The van der Waals surface area contributed by atoms with Gasteiger partial charge in [-0.05, 0) is 37.3 Å². The fraction of sp³-hybridized carbons (Fsp3) is 0.154. The molecular weight excluding hydrogens is 274 g/mol. The van der Waals surface area contributed by atoms with E-state index in [0.717, 1.165) is 12.1 Å². The summed E-state index contributed by atoms with van der Waals surface area (Å²) in [6.45, 7) is 1.79. The monoisotopic (exact) mass is 284 g/mol. The van der Waals surface area contributed by atoms with Crippen LogP contribution >= 0.6 is 11.8 Å². The number of benzene rings is 1. The SMILES string of the molecule is CC(Sc1ccc(F)c(F)c1)c1ccc(C(=O)O)o1. The molecule has 0 saturated carbocycles. The van der Waals surface area contributed by atoms with Crippen molar-refractivity contribution in [1.29, 1.82) is 0 Å². The van der Waals surface area contributed by atoms with Gasteiger partial charge in [-0.15, -0.1) is 11.8 Å². The lowest BCUT2D eigenvalue weighted by molar-refractivity contribution is 0.0660. The molecule has 0 amide bonds. The molecule has 1 N–H and O–H groups in total. The van der Waals surface area contributed by atoms with Crippen molar-refractivity contribution in [3.05, 3.63) is 53.5 Å². The van der Waals surface area contributed by atoms with Crippen LogP contribution in [0.5, 0.6) is 0 Å². The van der Waals surface area contributed by atoms with E-state index in [1.54, 1.807) is 13.0 Å². The van der Waals surface area contributed by atoms with E-state index in [9.17, 15) is 13.6 Å². The number of aromatic carboxylic acids is 1. The molecule has 0 aliphatic heterocycles. The Kier molecular flexibility index (Phi) is 3.90. The molecule has 0 spiro atoms. The molecule has 0 bridgehead atoms. The molecule has 19 heavy (non-hydrogen) atoms. The van der Waals surface area contributed by atoms with Gasteiger partial charge in [0.25, 0.3) is 0 Å². The molecule has 3 nitrogen and oxygen atoms in total. The molecule has 1 unspecified atom stereocenters. The molecular formula is C13H10F2O3S. The molecule has 0 radical (unpaired) electrons. The molecule has 0 aliphatic carbocycles. The lowest BCUT2D eigenvalue weighted by Gasteiger charge is -2.08. The van der Waals surface area contributed by atoms with Crippen LogP contribution in [0.15, 0.2) is 39.6 Å². The standard InChI is InChI=1S/C13H10F2O3S/c1-7(11-4-5-12(18-11)13(16)17)19-8-2-3-9(14)10(15)6-8/h2-7H,1H3,(H,16,17). The van der Waals surface area contributed by atoms with Crippen LogP contribution in [0.3, 0.4) is 0 Å². The topological polar surface area (TPSA) is 50.4 Å². The number of thioether (sulfide) groups is 1. The summed E-state index contributed by atoms with van der Waals surface area (Å²) >= 11 is 1.25. The van der Waals surface area contributed by atoms with Crippen LogP contribution in [-0.4, -0.2) is 11.1 Å². The van der Waals surface area contributed by atoms with E-state index in [4.69, 9.17) is 9.52 Å². The Hall–Kier alpha value is -1.82. The number of carboxylic acid groups (broad SMARTS) is 1. The molecule has 1 atom stereocenters. The molecule has 100 valence electrons. The summed E-state index contributed by atoms with van der Waals surface area (Å²) in [4.78, 5) is 11.2. The van der Waals surface area contributed by atoms with Gasteiger partial charge < -0.3 is 9.52 Å². The second-order valence-electron chi connectivity index (χ2n) is 3.84. The van der Waals surface area contributed by atoms with Gasteiger partial charge in [0.05, 0.1) is 5.25 Å². The number of rotatable bonds is 4. The summed E-state index contributed by atoms with van der Waals surface area (Å²) in [5.74, 6) is -2.64. The van der Waals surface area contributed by atoms with Gasteiger partial charge in [0.2, 0.25) is 5.76 Å². The van der Waals surface area contributed by atoms with E-state index in [2.05, 4.69) is 0 Å². The maximum absolute atomic E-state index is 13.1. The predicted octanol–water partition coefficient (Wildman–Crippen LogP) is 4.11. The number of carbonyl (C=O) groups is 1. The minimum Gasteiger partial charge on any atom is -0.475 e. The van der Waals surface area contributed by atoms with Crippen LogP contribution in [0.2, 0.25) is 0 Å². The van der Waals surface area contributed by atoms with Gasteiger partial charge >= 0.3 is 5.97 Å². The lowest BCUT2D eigenvalue weighted by atomic mass is 10.3. The molecule has 0 fully saturated rings. The highest BCUT2D eigenvalue weighted by Gasteiger charge is 2.16. The van der Waals surface area contributed by atoms with Gasteiger partial charge in [-0.25, -0.2) is 13.6 Å². The fourth-order valence-electron chi connectivity index (χ4n) is 1.50. The van der Waals surface area contributed by atoms with Crippen molar-refractivity contribution in [2.24, 2.45) is 0 Å². The van der Waals surface area contributed by atoms with Gasteiger partial charge in [0.1, 0.15) is 5.76 Å². The average molecular weight is 284 g/mol. The summed E-state index contributed by atoms with van der Waals surface area (Å²) in [5, 5.41) is 8.53. The highest BCUT2D eigenvalue weighted by atomic mass is 32.2. The highest BCUT2D eigenvalue weighted by Crippen LogP contribution is 2.35. The van der Waals surface area contributed by atoms with Gasteiger partial charge in [-0.2, -0.15) is 0 Å². The zero-order valence-corrected chi connectivity index (χ0v) is 10.7. The Morgan fingerprint density at radius 2 is 2.00 bits per heavy atom. The maximum atomic E-state index is 13.1. The first-order valence-corrected chi connectivity index (χ1v) is 6.30. The molecule has 0 aliphatic rings. The van der Waals surface area contributed by atoms with Crippen molar-refractivity contribution in [1.82, 2.24) is 0 Å². The van der Waals surface area contributed by atoms with E-state index < -0.39 is 17.6 Å². The quantitative estimate of drug-likeness (QED) is 0.858. The number of furan rings is 1. The second kappa shape index (κ2) is 5.44. The van der Waals surface area contributed by atoms with E-state index in [-0.39, 0.29) is 11.0 Å². The molecule has 6 heteroatoms. The Balaban J connectivity index is 2.13. The zero-order chi connectivity index (χ0) is 14.0. The summed E-state index contributed by atoms with van der Waals surface area (Å²) < 4.78 is 31.0. The smallest absolute Gasteiger partial charge is 0.371 e. The molecule has 0 saturated heterocycles. The van der Waals surface area contributed by atoms with E-state index in [1.165, 1.54) is 23.9 Å². The summed E-state index contributed by atoms with van der Waals surface area (Å²) in [6.07, 6.45) is 0. The first-order valence-electron chi connectivity index (χ1n) is 5.42. The normalized spacial score (nSPS) is 12.4. The van der Waals surface area contributed by atoms with Crippen molar-refractivity contribution in [2.45, 2.75) is 17.1 Å². The van der Waals surface area contributed by atoms with Crippen molar-refractivity contribution in [3.8, 4) is 0 Å². The third kappa shape index (κ3) is 3.14. The molecule has 1 heterocycles. The number of carboxylic acids is 1. The molecule has 1 aromatic heterocycles. The van der Waals surface area contributed by atoms with Crippen molar-refractivity contribution in [2.75, 3.05) is 0 Å². The van der Waals surface area contributed by atoms with Crippen LogP contribution in [0.1, 0.15) is 28.5 Å². The minimum absolute atomic E-state index is 0.146. The maximum Gasteiger partial charge on any atom is 0.371 e. The average Bonchev–Trinajstić information content (AvgIpc) is 2.83. The number of hydrogen-bond donors (Lipinski definition) is 1. The number of hydrogen-bond acceptors (Lipinski definition) is 3. The van der Waals surface area contributed by atoms with Gasteiger partial charge in [0.15, 0.2) is 11.6 Å². The van der Waals surface area contributed by atoms with Crippen molar-refractivity contribution in [3.63, 3.8) is 0 Å². The zero-order valence-electron chi connectivity index (χ0n) is 9.89. The fourth-order valence-corrected chi connectivity index (χ4v) is 2.47. The van der Waals surface area contributed by atoms with Gasteiger partial charge in [0, 0.05) is 4.90 Å². The molecule has 2 aromatic rings. The third-order valence-corrected chi connectivity index (χ3v) is 3.55. The Labute approximate surface area is 112 Å². The van der Waals surface area contributed by atoms with Crippen LogP contribution in [0.25, 0.3) is 0 Å². The summed E-state index contributed by atoms with van der Waals surface area (Å²) in [6, 6.07) is 6.52.